The van der Waals surface area contributed by atoms with E-state index in [1.54, 1.807) is 4.90 Å². The van der Waals surface area contributed by atoms with Crippen molar-refractivity contribution in [3.05, 3.63) is 28.7 Å². The number of amides is 2. The zero-order chi connectivity index (χ0) is 14.5. The molecule has 3 N–H and O–H groups in total. The van der Waals surface area contributed by atoms with Gasteiger partial charge in [-0.3, -0.25) is 9.59 Å². The Morgan fingerprint density at radius 3 is 2.40 bits per heavy atom. The second-order valence-corrected chi connectivity index (χ2v) is 5.77. The third-order valence-corrected chi connectivity index (χ3v) is 4.03. The van der Waals surface area contributed by atoms with E-state index in [1.165, 1.54) is 0 Å². The summed E-state index contributed by atoms with van der Waals surface area (Å²) in [6.07, 6.45) is 1.38. The topological polar surface area (TPSA) is 75.4 Å². The third-order valence-electron chi connectivity index (χ3n) is 3.50. The summed E-state index contributed by atoms with van der Waals surface area (Å²) in [5, 5.41) is 2.91. The maximum atomic E-state index is 12.1. The Kier molecular flexibility index (Phi) is 5.14. The number of hydrogen-bond acceptors (Lipinski definition) is 3. The lowest BCUT2D eigenvalue weighted by molar-refractivity contribution is -0.133. The Bertz CT molecular complexity index is 482. The van der Waals surface area contributed by atoms with E-state index >= 15 is 0 Å². The molecule has 1 heterocycles. The average Bonchev–Trinajstić information content (AvgIpc) is 2.49. The number of piperidine rings is 1. The van der Waals surface area contributed by atoms with Gasteiger partial charge >= 0.3 is 0 Å². The van der Waals surface area contributed by atoms with Crippen LogP contribution in [0.3, 0.4) is 0 Å². The standard InChI is InChI=1S/C14H18BrN3O2/c15-11-1-3-12(4-2-11)17-14(20)10-5-7-18(8-6-10)13(19)9-16/h1-4,10H,5-9,16H2,(H,17,20). The fourth-order valence-corrected chi connectivity index (χ4v) is 2.56. The molecule has 0 atom stereocenters. The van der Waals surface area contributed by atoms with Crippen molar-refractivity contribution in [3.63, 3.8) is 0 Å². The number of halogens is 1. The molecule has 1 saturated heterocycles. The van der Waals surface area contributed by atoms with Crippen molar-refractivity contribution in [1.29, 1.82) is 0 Å². The molecule has 108 valence electrons. The first-order valence-corrected chi connectivity index (χ1v) is 7.43. The Balaban J connectivity index is 1.85. The summed E-state index contributed by atoms with van der Waals surface area (Å²) >= 11 is 3.35. The van der Waals surface area contributed by atoms with E-state index in [9.17, 15) is 9.59 Å². The van der Waals surface area contributed by atoms with E-state index in [0.29, 0.717) is 25.9 Å². The van der Waals surface area contributed by atoms with Crippen LogP contribution in [0.4, 0.5) is 5.69 Å². The van der Waals surface area contributed by atoms with Gasteiger partial charge in [-0.1, -0.05) is 15.9 Å². The summed E-state index contributed by atoms with van der Waals surface area (Å²) in [7, 11) is 0. The van der Waals surface area contributed by atoms with Crippen LogP contribution in [-0.4, -0.2) is 36.3 Å². The number of nitrogens with one attached hydrogen (secondary N) is 1. The minimum Gasteiger partial charge on any atom is -0.342 e. The van der Waals surface area contributed by atoms with E-state index in [2.05, 4.69) is 21.2 Å². The Morgan fingerprint density at radius 2 is 1.85 bits per heavy atom. The quantitative estimate of drug-likeness (QED) is 0.877. The fraction of sp³-hybridized carbons (Fsp3) is 0.429. The van der Waals surface area contributed by atoms with Crippen LogP contribution in [0.5, 0.6) is 0 Å². The number of rotatable bonds is 3. The van der Waals surface area contributed by atoms with Gasteiger partial charge in [0.2, 0.25) is 11.8 Å². The van der Waals surface area contributed by atoms with Gasteiger partial charge in [-0.2, -0.15) is 0 Å². The minimum absolute atomic E-state index is 0.0205. The van der Waals surface area contributed by atoms with Gasteiger partial charge in [0.1, 0.15) is 0 Å². The van der Waals surface area contributed by atoms with Crippen LogP contribution in [0.1, 0.15) is 12.8 Å². The molecule has 0 spiro atoms. The number of carbonyl (C=O) groups excluding carboxylic acids is 2. The average molecular weight is 340 g/mol. The van der Waals surface area contributed by atoms with E-state index in [-0.39, 0.29) is 24.3 Å². The molecule has 20 heavy (non-hydrogen) atoms. The molecule has 2 amide bonds. The molecule has 0 aromatic heterocycles. The van der Waals surface area contributed by atoms with Crippen molar-refractivity contribution in [1.82, 2.24) is 4.90 Å². The summed E-state index contributed by atoms with van der Waals surface area (Å²) in [6.45, 7) is 1.25. The third kappa shape index (κ3) is 3.80. The second kappa shape index (κ2) is 6.85. The van der Waals surface area contributed by atoms with Gasteiger partial charge in [0.15, 0.2) is 0 Å². The summed E-state index contributed by atoms with van der Waals surface area (Å²) < 4.78 is 0.976. The summed E-state index contributed by atoms with van der Waals surface area (Å²) in [5.41, 5.74) is 6.13. The first kappa shape index (κ1) is 15.0. The Labute approximate surface area is 126 Å². The van der Waals surface area contributed by atoms with Crippen molar-refractivity contribution >= 4 is 33.4 Å². The SMILES string of the molecule is NCC(=O)N1CCC(C(=O)Nc2ccc(Br)cc2)CC1. The van der Waals surface area contributed by atoms with Crippen LogP contribution in [-0.2, 0) is 9.59 Å². The van der Waals surface area contributed by atoms with Gasteiger partial charge in [0.05, 0.1) is 6.54 Å². The van der Waals surface area contributed by atoms with Crippen LogP contribution < -0.4 is 11.1 Å². The molecule has 0 unspecified atom stereocenters. The number of benzene rings is 1. The van der Waals surface area contributed by atoms with Gasteiger partial charge in [-0.15, -0.1) is 0 Å². The smallest absolute Gasteiger partial charge is 0.236 e. The van der Waals surface area contributed by atoms with Gasteiger partial charge in [0, 0.05) is 29.2 Å². The monoisotopic (exact) mass is 339 g/mol. The molecular weight excluding hydrogens is 322 g/mol. The van der Waals surface area contributed by atoms with E-state index in [1.807, 2.05) is 24.3 Å². The summed E-state index contributed by atoms with van der Waals surface area (Å²) in [6, 6.07) is 7.49. The number of nitrogens with two attached hydrogens (primary N) is 1. The van der Waals surface area contributed by atoms with Gasteiger partial charge in [-0.25, -0.2) is 0 Å². The highest BCUT2D eigenvalue weighted by Gasteiger charge is 2.26. The molecule has 0 saturated carbocycles. The lowest BCUT2D eigenvalue weighted by atomic mass is 9.95. The molecule has 6 heteroatoms. The van der Waals surface area contributed by atoms with Crippen molar-refractivity contribution in [2.24, 2.45) is 11.7 Å². The van der Waals surface area contributed by atoms with Gasteiger partial charge in [0.25, 0.3) is 0 Å². The highest BCUT2D eigenvalue weighted by atomic mass is 79.9. The van der Waals surface area contributed by atoms with Crippen molar-refractivity contribution in [3.8, 4) is 0 Å². The van der Waals surface area contributed by atoms with Crippen molar-refractivity contribution in [2.75, 3.05) is 25.0 Å². The first-order valence-electron chi connectivity index (χ1n) is 6.64. The molecule has 5 nitrogen and oxygen atoms in total. The maximum absolute atomic E-state index is 12.1. The number of anilines is 1. The highest BCUT2D eigenvalue weighted by Crippen LogP contribution is 2.20. The molecule has 1 aromatic rings. The molecule has 0 radical (unpaired) electrons. The van der Waals surface area contributed by atoms with E-state index < -0.39 is 0 Å². The fourth-order valence-electron chi connectivity index (χ4n) is 2.30. The molecule has 0 bridgehead atoms. The van der Waals surface area contributed by atoms with Crippen molar-refractivity contribution < 1.29 is 9.59 Å². The van der Waals surface area contributed by atoms with Crippen molar-refractivity contribution in [2.45, 2.75) is 12.8 Å². The van der Waals surface area contributed by atoms with Crippen LogP contribution in [0, 0.1) is 5.92 Å². The van der Waals surface area contributed by atoms with Crippen LogP contribution in [0.25, 0.3) is 0 Å². The minimum atomic E-state index is -0.0447. The highest BCUT2D eigenvalue weighted by molar-refractivity contribution is 9.10. The molecule has 0 aliphatic carbocycles. The Hall–Kier alpha value is -1.40. The zero-order valence-corrected chi connectivity index (χ0v) is 12.7. The molecular formula is C14H18BrN3O2. The predicted octanol–water partition coefficient (Wildman–Crippen LogP) is 1.58. The summed E-state index contributed by atoms with van der Waals surface area (Å²) in [5.74, 6) is -0.0654. The molecule has 1 aromatic carbocycles. The lowest BCUT2D eigenvalue weighted by Crippen LogP contribution is -2.43. The number of nitrogens with zero attached hydrogens (tertiary/aromatic N) is 1. The molecule has 1 aliphatic heterocycles. The molecule has 1 aliphatic rings. The lowest BCUT2D eigenvalue weighted by Gasteiger charge is -2.31. The normalized spacial score (nSPS) is 16.0. The van der Waals surface area contributed by atoms with Crippen LogP contribution in [0.15, 0.2) is 28.7 Å². The Morgan fingerprint density at radius 1 is 1.25 bits per heavy atom. The molecule has 2 rings (SSSR count). The number of carbonyl (C=O) groups is 2. The van der Waals surface area contributed by atoms with E-state index in [4.69, 9.17) is 5.73 Å². The van der Waals surface area contributed by atoms with Gasteiger partial charge in [-0.05, 0) is 37.1 Å². The maximum Gasteiger partial charge on any atom is 0.236 e. The second-order valence-electron chi connectivity index (χ2n) is 4.86. The predicted molar refractivity (Wildman–Crippen MR) is 81.1 cm³/mol. The number of hydrogen-bond donors (Lipinski definition) is 2. The largest absolute Gasteiger partial charge is 0.342 e. The first-order chi connectivity index (χ1) is 9.60. The van der Waals surface area contributed by atoms with Crippen LogP contribution >= 0.6 is 15.9 Å². The van der Waals surface area contributed by atoms with Crippen LogP contribution in [0.2, 0.25) is 0 Å². The zero-order valence-electron chi connectivity index (χ0n) is 11.1. The molecule has 1 fully saturated rings. The van der Waals surface area contributed by atoms with Gasteiger partial charge < -0.3 is 16.0 Å². The van der Waals surface area contributed by atoms with E-state index in [0.717, 1.165) is 10.2 Å². The summed E-state index contributed by atoms with van der Waals surface area (Å²) in [4.78, 5) is 25.3. The number of likely N-dealkylation sites (tertiary alicyclic amines) is 1.